The number of anilines is 2. The SMILES string of the molecule is O=C(NNc1ccc(OCc2ccccc2Cl)c(Br)c1)[C@H]1CC(=O)N(c2ccc(F)cc2)C1. The lowest BCUT2D eigenvalue weighted by molar-refractivity contribution is -0.125. The second-order valence-corrected chi connectivity index (χ2v) is 8.78. The van der Waals surface area contributed by atoms with Gasteiger partial charge < -0.3 is 9.64 Å². The average Bonchev–Trinajstić information content (AvgIpc) is 3.20. The number of rotatable bonds is 7. The summed E-state index contributed by atoms with van der Waals surface area (Å²) in [6.45, 7) is 0.554. The van der Waals surface area contributed by atoms with Crippen molar-refractivity contribution in [2.45, 2.75) is 13.0 Å². The molecule has 3 aromatic carbocycles. The number of hydrogen-bond acceptors (Lipinski definition) is 4. The first-order chi connectivity index (χ1) is 15.9. The summed E-state index contributed by atoms with van der Waals surface area (Å²) in [5.74, 6) is -0.747. The smallest absolute Gasteiger partial charge is 0.243 e. The Morgan fingerprint density at radius 1 is 1.15 bits per heavy atom. The number of hydrazine groups is 1. The predicted octanol–water partition coefficient (Wildman–Crippen LogP) is 5.32. The molecule has 0 saturated carbocycles. The van der Waals surface area contributed by atoms with Crippen molar-refractivity contribution in [3.8, 4) is 5.75 Å². The van der Waals surface area contributed by atoms with E-state index >= 15 is 0 Å². The summed E-state index contributed by atoms with van der Waals surface area (Å²) in [4.78, 5) is 26.4. The molecule has 2 N–H and O–H groups in total. The number of amides is 2. The Morgan fingerprint density at radius 2 is 1.91 bits per heavy atom. The maximum absolute atomic E-state index is 13.1. The summed E-state index contributed by atoms with van der Waals surface area (Å²) in [5, 5.41) is 0.637. The number of nitrogens with one attached hydrogen (secondary N) is 2. The van der Waals surface area contributed by atoms with Gasteiger partial charge >= 0.3 is 0 Å². The number of carbonyl (C=O) groups excluding carboxylic acids is 2. The highest BCUT2D eigenvalue weighted by atomic mass is 79.9. The fraction of sp³-hybridized carbons (Fsp3) is 0.167. The van der Waals surface area contributed by atoms with Gasteiger partial charge in [0.1, 0.15) is 18.2 Å². The molecule has 2 amide bonds. The number of hydrogen-bond donors (Lipinski definition) is 2. The minimum absolute atomic E-state index is 0.0867. The second kappa shape index (κ2) is 10.2. The van der Waals surface area contributed by atoms with Crippen molar-refractivity contribution >= 4 is 50.7 Å². The van der Waals surface area contributed by atoms with Gasteiger partial charge in [0.15, 0.2) is 0 Å². The van der Waals surface area contributed by atoms with Crippen LogP contribution in [0.1, 0.15) is 12.0 Å². The molecule has 33 heavy (non-hydrogen) atoms. The zero-order valence-electron chi connectivity index (χ0n) is 17.4. The summed E-state index contributed by atoms with van der Waals surface area (Å²) in [7, 11) is 0. The molecule has 6 nitrogen and oxygen atoms in total. The Hall–Kier alpha value is -3.10. The largest absolute Gasteiger partial charge is 0.488 e. The third kappa shape index (κ3) is 5.64. The van der Waals surface area contributed by atoms with Gasteiger partial charge in [0.2, 0.25) is 11.8 Å². The number of carbonyl (C=O) groups is 2. The number of nitrogens with zero attached hydrogens (tertiary/aromatic N) is 1. The van der Waals surface area contributed by atoms with Gasteiger partial charge in [-0.3, -0.25) is 20.4 Å². The normalized spacial score (nSPS) is 15.4. The van der Waals surface area contributed by atoms with Gasteiger partial charge in [-0.2, -0.15) is 0 Å². The second-order valence-electron chi connectivity index (χ2n) is 7.52. The Morgan fingerprint density at radius 3 is 2.64 bits per heavy atom. The van der Waals surface area contributed by atoms with Crippen LogP contribution < -0.4 is 20.5 Å². The molecule has 0 spiro atoms. The van der Waals surface area contributed by atoms with Crippen LogP contribution in [0.3, 0.4) is 0 Å². The third-order valence-electron chi connectivity index (χ3n) is 5.24. The van der Waals surface area contributed by atoms with Crippen molar-refractivity contribution in [3.05, 3.63) is 87.6 Å². The van der Waals surface area contributed by atoms with Crippen LogP contribution in [-0.2, 0) is 16.2 Å². The topological polar surface area (TPSA) is 70.7 Å². The van der Waals surface area contributed by atoms with Crippen LogP contribution in [0.2, 0.25) is 5.02 Å². The van der Waals surface area contributed by atoms with E-state index in [4.69, 9.17) is 16.3 Å². The lowest BCUT2D eigenvalue weighted by atomic mass is 10.1. The Balaban J connectivity index is 1.31. The van der Waals surface area contributed by atoms with Gasteiger partial charge in [-0.1, -0.05) is 29.8 Å². The quantitative estimate of drug-likeness (QED) is 0.404. The summed E-state index contributed by atoms with van der Waals surface area (Å²) < 4.78 is 19.7. The molecule has 1 atom stereocenters. The highest BCUT2D eigenvalue weighted by molar-refractivity contribution is 9.10. The molecule has 0 unspecified atom stereocenters. The molecule has 0 bridgehead atoms. The van der Waals surface area contributed by atoms with Crippen LogP contribution in [-0.4, -0.2) is 18.4 Å². The van der Waals surface area contributed by atoms with Crippen molar-refractivity contribution in [1.82, 2.24) is 5.43 Å². The van der Waals surface area contributed by atoms with Crippen LogP contribution in [0, 0.1) is 11.7 Å². The fourth-order valence-electron chi connectivity index (χ4n) is 3.46. The first kappa shape index (κ1) is 23.1. The number of ether oxygens (including phenoxy) is 1. The molecule has 3 aromatic rings. The minimum Gasteiger partial charge on any atom is -0.488 e. The zero-order valence-corrected chi connectivity index (χ0v) is 19.7. The molecule has 1 fully saturated rings. The van der Waals surface area contributed by atoms with E-state index in [1.54, 1.807) is 18.2 Å². The van der Waals surface area contributed by atoms with Gasteiger partial charge in [0.25, 0.3) is 0 Å². The van der Waals surface area contributed by atoms with Gasteiger partial charge in [-0.15, -0.1) is 0 Å². The van der Waals surface area contributed by atoms with E-state index in [0.29, 0.717) is 33.2 Å². The molecule has 1 heterocycles. The Bertz CT molecular complexity index is 1180. The monoisotopic (exact) mass is 531 g/mol. The van der Waals surface area contributed by atoms with E-state index in [2.05, 4.69) is 26.8 Å². The first-order valence-electron chi connectivity index (χ1n) is 10.2. The lowest BCUT2D eigenvalue weighted by Crippen LogP contribution is -2.36. The number of halogens is 3. The van der Waals surface area contributed by atoms with Gasteiger partial charge in [-0.25, -0.2) is 4.39 Å². The van der Waals surface area contributed by atoms with E-state index in [9.17, 15) is 14.0 Å². The molecule has 9 heteroatoms. The molecule has 0 radical (unpaired) electrons. The average molecular weight is 533 g/mol. The summed E-state index contributed by atoms with van der Waals surface area (Å²) in [5.41, 5.74) is 7.60. The predicted molar refractivity (Wildman–Crippen MR) is 129 cm³/mol. The van der Waals surface area contributed by atoms with Gasteiger partial charge in [-0.05, 0) is 64.5 Å². The maximum atomic E-state index is 13.1. The molecular weight excluding hydrogens is 513 g/mol. The third-order valence-corrected chi connectivity index (χ3v) is 6.23. The highest BCUT2D eigenvalue weighted by Crippen LogP contribution is 2.30. The summed E-state index contributed by atoms with van der Waals surface area (Å²) >= 11 is 9.63. The standard InChI is InChI=1S/C24H20BrClFN3O3/c25-20-12-18(7-10-22(20)33-14-15-3-1-2-4-21(15)26)28-29-24(32)16-11-23(31)30(13-16)19-8-5-17(27)6-9-19/h1-10,12,16,28H,11,13-14H2,(H,29,32)/t16-/m0/s1. The zero-order chi connectivity index (χ0) is 23.4. The van der Waals surface area contributed by atoms with Crippen molar-refractivity contribution in [3.63, 3.8) is 0 Å². The molecule has 1 aliphatic rings. The molecular formula is C24H20BrClFN3O3. The van der Waals surface area contributed by atoms with Crippen LogP contribution in [0.15, 0.2) is 71.2 Å². The van der Waals surface area contributed by atoms with Crippen molar-refractivity contribution in [1.29, 1.82) is 0 Å². The molecule has 0 aliphatic carbocycles. The molecule has 170 valence electrons. The molecule has 1 saturated heterocycles. The summed E-state index contributed by atoms with van der Waals surface area (Å²) in [6, 6.07) is 18.4. The lowest BCUT2D eigenvalue weighted by Gasteiger charge is -2.17. The van der Waals surface area contributed by atoms with E-state index < -0.39 is 5.92 Å². The molecule has 0 aromatic heterocycles. The Labute approximate surface area is 203 Å². The van der Waals surface area contributed by atoms with Crippen LogP contribution in [0.25, 0.3) is 0 Å². The first-order valence-corrected chi connectivity index (χ1v) is 11.4. The van der Waals surface area contributed by atoms with Crippen LogP contribution in [0.5, 0.6) is 5.75 Å². The fourth-order valence-corrected chi connectivity index (χ4v) is 4.14. The van der Waals surface area contributed by atoms with E-state index in [1.807, 2.05) is 24.3 Å². The van der Waals surface area contributed by atoms with Crippen molar-refractivity contribution < 1.29 is 18.7 Å². The molecule has 1 aliphatic heterocycles. The number of benzene rings is 3. The van der Waals surface area contributed by atoms with Crippen LogP contribution in [0.4, 0.5) is 15.8 Å². The molecule has 4 rings (SSSR count). The van der Waals surface area contributed by atoms with Gasteiger partial charge in [0.05, 0.1) is 16.1 Å². The van der Waals surface area contributed by atoms with Crippen molar-refractivity contribution in [2.24, 2.45) is 5.92 Å². The minimum atomic E-state index is -0.517. The highest BCUT2D eigenvalue weighted by Gasteiger charge is 2.35. The van der Waals surface area contributed by atoms with E-state index in [-0.39, 0.29) is 30.6 Å². The van der Waals surface area contributed by atoms with E-state index in [1.165, 1.54) is 29.2 Å². The van der Waals surface area contributed by atoms with Gasteiger partial charge in [0, 0.05) is 29.2 Å². The maximum Gasteiger partial charge on any atom is 0.243 e. The van der Waals surface area contributed by atoms with Crippen LogP contribution >= 0.6 is 27.5 Å². The van der Waals surface area contributed by atoms with E-state index in [0.717, 1.165) is 5.56 Å². The summed E-state index contributed by atoms with van der Waals surface area (Å²) in [6.07, 6.45) is 0.0867. The van der Waals surface area contributed by atoms with Crippen molar-refractivity contribution in [2.75, 3.05) is 16.9 Å². The Kier molecular flexibility index (Phi) is 7.15.